The summed E-state index contributed by atoms with van der Waals surface area (Å²) in [6, 6.07) is 17.6. The molecular weight excluding hydrogens is 402 g/mol. The molecule has 3 rings (SSSR count). The first-order valence-electron chi connectivity index (χ1n) is 11.1. The number of hydrogen-bond donors (Lipinski definition) is 1. The molecule has 1 aliphatic rings. The first-order chi connectivity index (χ1) is 14.6. The molecule has 0 spiro atoms. The Hall–Kier alpha value is -2.37. The first kappa shape index (κ1) is 23.3. The molecule has 1 amide bonds. The van der Waals surface area contributed by atoms with Gasteiger partial charge in [0.15, 0.2) is 0 Å². The number of carbonyl (C=O) groups excluding carboxylic acids is 1. The van der Waals surface area contributed by atoms with E-state index in [0.29, 0.717) is 6.10 Å². The third-order valence-electron chi connectivity index (χ3n) is 6.35. The fourth-order valence-corrected chi connectivity index (χ4v) is 4.82. The molecule has 0 aromatic heterocycles. The van der Waals surface area contributed by atoms with Crippen LogP contribution in [0.15, 0.2) is 60.7 Å². The number of anilines is 1. The summed E-state index contributed by atoms with van der Waals surface area (Å²) in [5, 5.41) is 3.03. The molecular formula is C26H35NO3Si-. The van der Waals surface area contributed by atoms with E-state index in [2.05, 4.69) is 57.4 Å². The second kappa shape index (κ2) is 9.84. The fourth-order valence-electron chi connectivity index (χ4n) is 3.42. The molecule has 31 heavy (non-hydrogen) atoms. The lowest BCUT2D eigenvalue weighted by atomic mass is 9.92. The Morgan fingerprint density at radius 2 is 1.74 bits per heavy atom. The minimum atomic E-state index is -1.73. The summed E-state index contributed by atoms with van der Waals surface area (Å²) in [4.78, 5) is 12.0. The van der Waals surface area contributed by atoms with Crippen molar-refractivity contribution in [3.8, 4) is 0 Å². The average molecular weight is 438 g/mol. The van der Waals surface area contributed by atoms with Crippen LogP contribution in [0, 0.1) is 0 Å². The standard InChI is InChI=1S/C26H35NO3Si/c1-26(2,3)31(4,5)30-24-17-13-22(14-18-24)21-11-15-23(16-12-21)27-25(28)29-19-20-9-7-6-8-10-20/h6-13,15-16,24H,14,17-19H2,1-5H3,(H,27,28)/q-1. The predicted molar refractivity (Wildman–Crippen MR) is 131 cm³/mol. The predicted octanol–water partition coefficient (Wildman–Crippen LogP) is 7.39. The Balaban J connectivity index is 1.51. The van der Waals surface area contributed by atoms with E-state index in [-0.39, 0.29) is 11.6 Å². The highest BCUT2D eigenvalue weighted by Gasteiger charge is 2.28. The second-order valence-corrected chi connectivity index (χ2v) is 14.5. The van der Waals surface area contributed by atoms with Crippen molar-refractivity contribution in [1.29, 1.82) is 0 Å². The number of carbonyl (C=O) groups is 1. The number of amides is 1. The van der Waals surface area contributed by atoms with Crippen molar-refractivity contribution >= 4 is 25.7 Å². The van der Waals surface area contributed by atoms with Gasteiger partial charge in [-0.3, -0.25) is 5.32 Å². The summed E-state index contributed by atoms with van der Waals surface area (Å²) in [5.74, 6) is 0. The molecule has 0 saturated heterocycles. The molecule has 1 aliphatic carbocycles. The van der Waals surface area contributed by atoms with E-state index in [0.717, 1.165) is 30.5 Å². The van der Waals surface area contributed by atoms with E-state index in [1.54, 1.807) is 0 Å². The summed E-state index contributed by atoms with van der Waals surface area (Å²) in [6.07, 6.45) is 5.24. The first-order valence-corrected chi connectivity index (χ1v) is 14.0. The quantitative estimate of drug-likeness (QED) is 0.479. The van der Waals surface area contributed by atoms with Crippen LogP contribution in [-0.4, -0.2) is 20.5 Å². The van der Waals surface area contributed by atoms with Gasteiger partial charge in [0.05, 0.1) is 0 Å². The number of hydrogen-bond acceptors (Lipinski definition) is 3. The van der Waals surface area contributed by atoms with Crippen LogP contribution in [0.1, 0.15) is 51.2 Å². The maximum absolute atomic E-state index is 12.0. The molecule has 4 nitrogen and oxygen atoms in total. The summed E-state index contributed by atoms with van der Waals surface area (Å²) < 4.78 is 11.9. The topological polar surface area (TPSA) is 47.6 Å². The number of rotatable bonds is 6. The van der Waals surface area contributed by atoms with Crippen LogP contribution >= 0.6 is 0 Å². The van der Waals surface area contributed by atoms with Gasteiger partial charge in [0.1, 0.15) is 6.61 Å². The molecule has 0 aliphatic heterocycles. The minimum absolute atomic E-state index is 0.238. The minimum Gasteiger partial charge on any atom is -0.562 e. The molecule has 2 aromatic rings. The SMILES string of the molecule is CC(C)(C)[Si-](C)(C)OC1CC=C(c2ccc(NC(=O)OCc3ccccc3)cc2)CC1. The van der Waals surface area contributed by atoms with Crippen molar-refractivity contribution in [2.75, 3.05) is 5.32 Å². The van der Waals surface area contributed by atoms with Crippen molar-refractivity contribution in [2.24, 2.45) is 0 Å². The van der Waals surface area contributed by atoms with Gasteiger partial charge in [-0.1, -0.05) is 69.3 Å². The van der Waals surface area contributed by atoms with Gasteiger partial charge in [-0.15, -0.1) is 18.1 Å². The average Bonchev–Trinajstić information content (AvgIpc) is 2.73. The normalized spacial score (nSPS) is 17.1. The highest BCUT2D eigenvalue weighted by Crippen LogP contribution is 2.39. The van der Waals surface area contributed by atoms with E-state index >= 15 is 0 Å². The lowest BCUT2D eigenvalue weighted by Gasteiger charge is -2.51. The highest BCUT2D eigenvalue weighted by molar-refractivity contribution is 6.74. The monoisotopic (exact) mass is 437 g/mol. The van der Waals surface area contributed by atoms with Gasteiger partial charge in [0.2, 0.25) is 0 Å². The molecule has 0 saturated carbocycles. The third-order valence-corrected chi connectivity index (χ3v) is 10.9. The Morgan fingerprint density at radius 1 is 1.06 bits per heavy atom. The summed E-state index contributed by atoms with van der Waals surface area (Å²) in [6.45, 7) is 11.8. The Morgan fingerprint density at radius 3 is 2.32 bits per heavy atom. The Labute approximate surface area is 187 Å². The van der Waals surface area contributed by atoms with Crippen molar-refractivity contribution in [2.45, 2.75) is 70.9 Å². The zero-order chi connectivity index (χ0) is 22.5. The van der Waals surface area contributed by atoms with E-state index < -0.39 is 14.4 Å². The smallest absolute Gasteiger partial charge is 0.411 e. The Kier molecular flexibility index (Phi) is 7.39. The van der Waals surface area contributed by atoms with Crippen LogP contribution in [-0.2, 0) is 15.8 Å². The van der Waals surface area contributed by atoms with E-state index in [4.69, 9.17) is 9.16 Å². The van der Waals surface area contributed by atoms with Crippen LogP contribution in [0.2, 0.25) is 18.1 Å². The molecule has 167 valence electrons. The fraction of sp³-hybridized carbons (Fsp3) is 0.423. The van der Waals surface area contributed by atoms with Gasteiger partial charge in [-0.25, -0.2) is 4.79 Å². The molecule has 2 aromatic carbocycles. The molecule has 1 N–H and O–H groups in total. The van der Waals surface area contributed by atoms with E-state index in [9.17, 15) is 4.79 Å². The van der Waals surface area contributed by atoms with Gasteiger partial charge in [-0.2, -0.15) is 0 Å². The summed E-state index contributed by atoms with van der Waals surface area (Å²) in [5.41, 5.74) is 4.26. The van der Waals surface area contributed by atoms with Crippen molar-refractivity contribution in [1.82, 2.24) is 0 Å². The lowest BCUT2D eigenvalue weighted by molar-refractivity contribution is 0.155. The molecule has 0 radical (unpaired) electrons. The second-order valence-electron chi connectivity index (χ2n) is 9.77. The molecule has 0 bridgehead atoms. The molecule has 0 fully saturated rings. The van der Waals surface area contributed by atoms with Gasteiger partial charge >= 0.3 is 6.09 Å². The molecule has 5 heteroatoms. The van der Waals surface area contributed by atoms with E-state index in [1.807, 2.05) is 42.5 Å². The van der Waals surface area contributed by atoms with Crippen LogP contribution in [0.5, 0.6) is 0 Å². The highest BCUT2D eigenvalue weighted by atomic mass is 28.4. The maximum Gasteiger partial charge on any atom is 0.411 e. The third kappa shape index (κ3) is 6.55. The van der Waals surface area contributed by atoms with Gasteiger partial charge < -0.3 is 9.16 Å². The zero-order valence-electron chi connectivity index (χ0n) is 19.4. The number of ether oxygens (including phenoxy) is 1. The summed E-state index contributed by atoms with van der Waals surface area (Å²) >= 11 is 0. The maximum atomic E-state index is 12.0. The van der Waals surface area contributed by atoms with Crippen LogP contribution in [0.25, 0.3) is 5.57 Å². The molecule has 1 atom stereocenters. The molecule has 0 heterocycles. The number of nitrogens with one attached hydrogen (secondary N) is 1. The summed E-state index contributed by atoms with van der Waals surface area (Å²) in [7, 11) is -1.73. The van der Waals surface area contributed by atoms with Crippen molar-refractivity contribution in [3.05, 3.63) is 71.8 Å². The zero-order valence-corrected chi connectivity index (χ0v) is 20.4. The lowest BCUT2D eigenvalue weighted by Crippen LogP contribution is -2.44. The van der Waals surface area contributed by atoms with E-state index in [1.165, 1.54) is 11.1 Å². The van der Waals surface area contributed by atoms with Crippen molar-refractivity contribution < 1.29 is 14.0 Å². The Bertz CT molecular complexity index is 898. The number of allylic oxidation sites excluding steroid dienone is 1. The molecule has 1 unspecified atom stereocenters. The van der Waals surface area contributed by atoms with Crippen LogP contribution in [0.4, 0.5) is 10.5 Å². The van der Waals surface area contributed by atoms with Crippen LogP contribution in [0.3, 0.4) is 0 Å². The van der Waals surface area contributed by atoms with Crippen molar-refractivity contribution in [3.63, 3.8) is 0 Å². The van der Waals surface area contributed by atoms with Crippen LogP contribution < -0.4 is 5.32 Å². The largest absolute Gasteiger partial charge is 0.562 e. The number of benzene rings is 2. The van der Waals surface area contributed by atoms with Gasteiger partial charge in [0.25, 0.3) is 0 Å². The van der Waals surface area contributed by atoms with Gasteiger partial charge in [-0.05, 0) is 56.4 Å². The van der Waals surface area contributed by atoms with Gasteiger partial charge in [0, 0.05) is 11.8 Å².